The maximum absolute atomic E-state index is 12.9. The summed E-state index contributed by atoms with van der Waals surface area (Å²) in [6, 6.07) is 0. The number of aliphatic carboxylic acids is 1. The number of rotatable bonds is 16. The summed E-state index contributed by atoms with van der Waals surface area (Å²) < 4.78 is 6.11. The molecule has 0 aromatic heterocycles. The number of unbranched alkanes of at least 4 members (excludes halogenated alkanes) is 10. The fraction of sp³-hybridized carbons (Fsp3) is 0.955. The normalized spacial score (nSPS) is 22.4. The molecular formula is C22H42NO4. The minimum absolute atomic E-state index is 0.294. The van der Waals surface area contributed by atoms with Crippen LogP contribution in [0.3, 0.4) is 0 Å². The molecule has 1 rings (SSSR count). The van der Waals surface area contributed by atoms with Gasteiger partial charge < -0.3 is 9.84 Å². The summed E-state index contributed by atoms with van der Waals surface area (Å²) in [5, 5.41) is 22.8. The molecule has 0 amide bonds. The molecule has 1 aliphatic heterocycles. The summed E-state index contributed by atoms with van der Waals surface area (Å²) in [6.45, 7) is 6.70. The highest BCUT2D eigenvalue weighted by molar-refractivity contribution is 5.66. The highest BCUT2D eigenvalue weighted by Crippen LogP contribution is 2.40. The summed E-state index contributed by atoms with van der Waals surface area (Å²) in [5.41, 5.74) is -1.02. The van der Waals surface area contributed by atoms with Crippen molar-refractivity contribution in [3.63, 3.8) is 0 Å². The fourth-order valence-electron chi connectivity index (χ4n) is 4.02. The van der Waals surface area contributed by atoms with Crippen LogP contribution < -0.4 is 0 Å². The second-order valence-corrected chi connectivity index (χ2v) is 8.87. The van der Waals surface area contributed by atoms with E-state index in [1.54, 1.807) is 0 Å². The number of hydrogen-bond donors (Lipinski definition) is 1. The second-order valence-electron chi connectivity index (χ2n) is 8.87. The standard InChI is InChI=1S/C22H42NO4/c1-4-5-6-14-17-22(23(26)21(2,3)19-27-22)18-15-12-10-8-7-9-11-13-16-20(24)25/h4-19H2,1-3H3,(H,24,25). The van der Waals surface area contributed by atoms with Gasteiger partial charge in [-0.1, -0.05) is 64.7 Å². The molecule has 0 aromatic carbocycles. The lowest BCUT2D eigenvalue weighted by Crippen LogP contribution is -2.49. The molecule has 1 saturated heterocycles. The molecule has 0 spiro atoms. The highest BCUT2D eigenvalue weighted by Gasteiger charge is 2.51. The zero-order valence-electron chi connectivity index (χ0n) is 17.9. The molecule has 0 aliphatic carbocycles. The number of hydroxylamine groups is 2. The Kier molecular flexibility index (Phi) is 11.5. The van der Waals surface area contributed by atoms with Gasteiger partial charge in [0.25, 0.3) is 0 Å². The van der Waals surface area contributed by atoms with Gasteiger partial charge in [0.2, 0.25) is 0 Å². The molecular weight excluding hydrogens is 342 g/mol. The minimum Gasteiger partial charge on any atom is -0.481 e. The van der Waals surface area contributed by atoms with Crippen LogP contribution in [-0.4, -0.2) is 34.0 Å². The Morgan fingerprint density at radius 3 is 1.81 bits per heavy atom. The summed E-state index contributed by atoms with van der Waals surface area (Å²) >= 11 is 0. The zero-order chi connectivity index (χ0) is 20.2. The molecule has 1 radical (unpaired) electrons. The molecule has 1 aliphatic rings. The van der Waals surface area contributed by atoms with Crippen LogP contribution >= 0.6 is 0 Å². The van der Waals surface area contributed by atoms with Crippen LogP contribution in [-0.2, 0) is 14.7 Å². The molecule has 5 nitrogen and oxygen atoms in total. The molecule has 1 heterocycles. The third-order valence-electron chi connectivity index (χ3n) is 5.74. The smallest absolute Gasteiger partial charge is 0.303 e. The first-order valence-electron chi connectivity index (χ1n) is 11.2. The Labute approximate surface area is 166 Å². The van der Waals surface area contributed by atoms with Gasteiger partial charge in [0.05, 0.1) is 12.1 Å². The van der Waals surface area contributed by atoms with Crippen LogP contribution in [0.15, 0.2) is 0 Å². The predicted molar refractivity (Wildman–Crippen MR) is 108 cm³/mol. The van der Waals surface area contributed by atoms with E-state index in [-0.39, 0.29) is 0 Å². The van der Waals surface area contributed by atoms with E-state index < -0.39 is 17.2 Å². The average Bonchev–Trinajstić information content (AvgIpc) is 2.84. The van der Waals surface area contributed by atoms with Gasteiger partial charge in [-0.3, -0.25) is 4.79 Å². The molecule has 1 unspecified atom stereocenters. The maximum Gasteiger partial charge on any atom is 0.303 e. The molecule has 1 fully saturated rings. The third-order valence-corrected chi connectivity index (χ3v) is 5.74. The maximum atomic E-state index is 12.9. The zero-order valence-corrected chi connectivity index (χ0v) is 17.9. The Morgan fingerprint density at radius 2 is 1.37 bits per heavy atom. The van der Waals surface area contributed by atoms with E-state index in [0.29, 0.717) is 13.0 Å². The topological polar surface area (TPSA) is 69.7 Å². The predicted octanol–water partition coefficient (Wildman–Crippen LogP) is 6.10. The second kappa shape index (κ2) is 12.7. The number of hydrogen-bond acceptors (Lipinski definition) is 3. The molecule has 0 bridgehead atoms. The highest BCUT2D eigenvalue weighted by atomic mass is 16.6. The van der Waals surface area contributed by atoms with Crippen LogP contribution in [0.25, 0.3) is 0 Å². The lowest BCUT2D eigenvalue weighted by atomic mass is 9.95. The van der Waals surface area contributed by atoms with E-state index in [0.717, 1.165) is 51.4 Å². The lowest BCUT2D eigenvalue weighted by Gasteiger charge is -2.35. The van der Waals surface area contributed by atoms with Crippen molar-refractivity contribution < 1.29 is 19.8 Å². The van der Waals surface area contributed by atoms with Crippen LogP contribution in [0.1, 0.15) is 117 Å². The molecule has 0 saturated carbocycles. The van der Waals surface area contributed by atoms with E-state index in [1.807, 2.05) is 13.8 Å². The molecule has 0 aromatic rings. The van der Waals surface area contributed by atoms with E-state index in [1.165, 1.54) is 43.6 Å². The van der Waals surface area contributed by atoms with Crippen molar-refractivity contribution in [3.05, 3.63) is 0 Å². The van der Waals surface area contributed by atoms with Crippen molar-refractivity contribution >= 4 is 5.97 Å². The van der Waals surface area contributed by atoms with Gasteiger partial charge in [-0.2, -0.15) is 0 Å². The van der Waals surface area contributed by atoms with Gasteiger partial charge in [0, 0.05) is 6.42 Å². The van der Waals surface area contributed by atoms with Crippen LogP contribution in [0.5, 0.6) is 0 Å². The van der Waals surface area contributed by atoms with Crippen molar-refractivity contribution in [2.24, 2.45) is 0 Å². The van der Waals surface area contributed by atoms with Crippen LogP contribution in [0.4, 0.5) is 0 Å². The number of carboxylic acids is 1. The largest absolute Gasteiger partial charge is 0.481 e. The van der Waals surface area contributed by atoms with Crippen LogP contribution in [0, 0.1) is 0 Å². The Morgan fingerprint density at radius 1 is 0.889 bits per heavy atom. The first kappa shape index (κ1) is 24.4. The van der Waals surface area contributed by atoms with Gasteiger partial charge in [0.15, 0.2) is 0 Å². The van der Waals surface area contributed by atoms with E-state index in [4.69, 9.17) is 9.84 Å². The monoisotopic (exact) mass is 384 g/mol. The van der Waals surface area contributed by atoms with Gasteiger partial charge in [-0.15, -0.1) is 10.3 Å². The number of nitrogens with zero attached hydrogens (tertiary/aromatic N) is 1. The molecule has 5 heteroatoms. The van der Waals surface area contributed by atoms with E-state index in [9.17, 15) is 10.0 Å². The van der Waals surface area contributed by atoms with Gasteiger partial charge in [-0.05, 0) is 46.0 Å². The summed E-state index contributed by atoms with van der Waals surface area (Å²) in [5.74, 6) is -0.691. The van der Waals surface area contributed by atoms with E-state index in [2.05, 4.69) is 6.92 Å². The van der Waals surface area contributed by atoms with Crippen molar-refractivity contribution in [3.8, 4) is 0 Å². The SMILES string of the molecule is CCCCCCC1(CCCCCCCCCCC(=O)O)OCC(C)(C)N1[O]. The quantitative estimate of drug-likeness (QED) is 0.327. The van der Waals surface area contributed by atoms with Gasteiger partial charge in [0.1, 0.15) is 5.72 Å². The number of carboxylic acid groups (broad SMARTS) is 1. The Hall–Kier alpha value is -0.650. The van der Waals surface area contributed by atoms with Crippen LogP contribution in [0.2, 0.25) is 0 Å². The van der Waals surface area contributed by atoms with E-state index >= 15 is 0 Å². The van der Waals surface area contributed by atoms with Crippen molar-refractivity contribution in [1.82, 2.24) is 5.06 Å². The molecule has 1 atom stereocenters. The average molecular weight is 385 g/mol. The van der Waals surface area contributed by atoms with Crippen molar-refractivity contribution in [2.45, 2.75) is 128 Å². The number of ether oxygens (including phenoxy) is 1. The first-order chi connectivity index (χ1) is 12.8. The van der Waals surface area contributed by atoms with Gasteiger partial charge in [-0.25, -0.2) is 0 Å². The molecule has 159 valence electrons. The first-order valence-corrected chi connectivity index (χ1v) is 11.2. The third kappa shape index (κ3) is 8.93. The lowest BCUT2D eigenvalue weighted by molar-refractivity contribution is -0.296. The fourth-order valence-corrected chi connectivity index (χ4v) is 4.02. The molecule has 1 N–H and O–H groups in total. The Bertz CT molecular complexity index is 413. The van der Waals surface area contributed by atoms with Crippen molar-refractivity contribution in [1.29, 1.82) is 0 Å². The van der Waals surface area contributed by atoms with Crippen molar-refractivity contribution in [2.75, 3.05) is 6.61 Å². The molecule has 27 heavy (non-hydrogen) atoms. The summed E-state index contributed by atoms with van der Waals surface area (Å²) in [4.78, 5) is 10.5. The minimum atomic E-state index is -0.691. The summed E-state index contributed by atoms with van der Waals surface area (Å²) in [6.07, 6.45) is 15.3. The number of carbonyl (C=O) groups is 1. The Balaban J connectivity index is 2.23. The summed E-state index contributed by atoms with van der Waals surface area (Å²) in [7, 11) is 0. The van der Waals surface area contributed by atoms with Gasteiger partial charge >= 0.3 is 5.97 Å².